The second-order valence-corrected chi connectivity index (χ2v) is 16.1. The standard InChI is InChI=1S/C40H38ClF8N9O3S/c1-18-12-24-31(34(44)45)55-57(33(24)40(18,48)49)17-28(59)52-26(15-19-13-20(42)16-21(43)14-19)37-54-36-23(4-7-29(53-36)61-22-8-10-39(46,47)11-9-22)38(60)58(37)27-6-5-25(41)30(32(27)51-2)35(50)56-62-3/h4-7,13-14,16,18,22,26,34,51H,8-12,15,17H2,1-3H3,(H2,50,56)(H,52,59). The van der Waals surface area contributed by atoms with E-state index in [1.54, 1.807) is 6.26 Å². The number of benzene rings is 2. The molecule has 7 rings (SSSR count). The molecular formula is C40H38ClF8N9O3S. The molecule has 3 aromatic heterocycles. The maximum absolute atomic E-state index is 15.5. The molecule has 62 heavy (non-hydrogen) atoms. The highest BCUT2D eigenvalue weighted by atomic mass is 35.5. The van der Waals surface area contributed by atoms with Crippen molar-refractivity contribution in [1.82, 2.24) is 34.4 Å². The van der Waals surface area contributed by atoms with E-state index in [1.807, 2.05) is 0 Å². The Balaban J connectivity index is 1.41. The number of aromatic nitrogens is 5. The lowest BCUT2D eigenvalue weighted by molar-refractivity contribution is -0.123. The van der Waals surface area contributed by atoms with Crippen LogP contribution in [0.2, 0.25) is 5.02 Å². The fraction of sp³-hybridized carbons (Fsp3) is 0.400. The summed E-state index contributed by atoms with van der Waals surface area (Å²) in [6, 6.07) is 6.44. The summed E-state index contributed by atoms with van der Waals surface area (Å²) in [6.07, 6.45) is -3.94. The maximum atomic E-state index is 15.5. The quantitative estimate of drug-likeness (QED) is 0.0395. The number of nitrogens with one attached hydrogen (secondary N) is 4. The number of rotatable bonds is 13. The molecule has 2 aromatic carbocycles. The smallest absolute Gasteiger partial charge is 0.292 e. The lowest BCUT2D eigenvalue weighted by Gasteiger charge is -2.28. The van der Waals surface area contributed by atoms with Gasteiger partial charge in [-0.3, -0.25) is 24.2 Å². The fourth-order valence-electron chi connectivity index (χ4n) is 7.90. The Hall–Kier alpha value is -5.44. The molecule has 0 saturated heterocycles. The maximum Gasteiger partial charge on any atom is 0.292 e. The molecule has 2 unspecified atom stereocenters. The molecule has 330 valence electrons. The molecule has 0 aliphatic heterocycles. The number of alkyl halides is 6. The van der Waals surface area contributed by atoms with Crippen molar-refractivity contribution in [2.45, 2.75) is 82.4 Å². The summed E-state index contributed by atoms with van der Waals surface area (Å²) in [4.78, 5) is 38.0. The van der Waals surface area contributed by atoms with Crippen LogP contribution in [-0.2, 0) is 30.1 Å². The second-order valence-electron chi connectivity index (χ2n) is 15.1. The average molecular weight is 912 g/mol. The van der Waals surface area contributed by atoms with Crippen molar-refractivity contribution in [2.75, 3.05) is 18.6 Å². The van der Waals surface area contributed by atoms with Crippen molar-refractivity contribution < 1.29 is 44.7 Å². The highest BCUT2D eigenvalue weighted by Crippen LogP contribution is 2.48. The second kappa shape index (κ2) is 17.4. The third kappa shape index (κ3) is 8.77. The Morgan fingerprint density at radius 1 is 1.06 bits per heavy atom. The molecule has 0 spiro atoms. The number of carbonyl (C=O) groups excluding carboxylic acids is 1. The van der Waals surface area contributed by atoms with E-state index in [0.717, 1.165) is 28.6 Å². The van der Waals surface area contributed by atoms with Crippen LogP contribution in [0.4, 0.5) is 40.8 Å². The van der Waals surface area contributed by atoms with Crippen molar-refractivity contribution in [1.29, 1.82) is 5.41 Å². The summed E-state index contributed by atoms with van der Waals surface area (Å²) in [5.41, 5.74) is -3.06. The SMILES string of the molecule is CNc1c(-n2c(C(Cc3cc(F)cc(F)c3)NC(=O)Cn3nc(C(F)F)c4c3C(F)(F)C(C)C4)nc3nc(OC4CCC(F)(F)CC4)ccc3c2=O)ccc(Cl)c1C(=N)NSC. The zero-order valence-electron chi connectivity index (χ0n) is 33.1. The van der Waals surface area contributed by atoms with Gasteiger partial charge in [-0.1, -0.05) is 30.5 Å². The highest BCUT2D eigenvalue weighted by molar-refractivity contribution is 7.97. The summed E-state index contributed by atoms with van der Waals surface area (Å²) >= 11 is 7.67. The van der Waals surface area contributed by atoms with Crippen LogP contribution in [0.25, 0.3) is 16.7 Å². The van der Waals surface area contributed by atoms with Crippen molar-refractivity contribution in [3.63, 3.8) is 0 Å². The summed E-state index contributed by atoms with van der Waals surface area (Å²) in [5.74, 6) is -11.5. The number of halogens is 9. The van der Waals surface area contributed by atoms with Crippen molar-refractivity contribution >= 4 is 52.0 Å². The predicted molar refractivity (Wildman–Crippen MR) is 216 cm³/mol. The monoisotopic (exact) mass is 911 g/mol. The van der Waals surface area contributed by atoms with Gasteiger partial charge in [-0.2, -0.15) is 18.9 Å². The number of amidine groups is 1. The molecular weight excluding hydrogens is 874 g/mol. The number of anilines is 1. The van der Waals surface area contributed by atoms with Gasteiger partial charge in [-0.25, -0.2) is 31.3 Å². The molecule has 2 aliphatic rings. The number of carbonyl (C=O) groups is 1. The molecule has 3 heterocycles. The number of ether oxygens (including phenoxy) is 1. The normalized spacial score (nSPS) is 17.5. The third-order valence-corrected chi connectivity index (χ3v) is 11.5. The van der Waals surface area contributed by atoms with Gasteiger partial charge >= 0.3 is 0 Å². The van der Waals surface area contributed by atoms with Crippen LogP contribution in [0.3, 0.4) is 0 Å². The Labute approximate surface area is 357 Å². The molecule has 22 heteroatoms. The molecule has 1 saturated carbocycles. The van der Waals surface area contributed by atoms with Crippen molar-refractivity contribution in [3.8, 4) is 11.6 Å². The van der Waals surface area contributed by atoms with E-state index in [1.165, 1.54) is 38.2 Å². The van der Waals surface area contributed by atoms with E-state index in [2.05, 4.69) is 25.4 Å². The Bertz CT molecular complexity index is 2600. The molecule has 1 amide bonds. The van der Waals surface area contributed by atoms with Gasteiger partial charge in [0.2, 0.25) is 17.7 Å². The molecule has 5 aromatic rings. The van der Waals surface area contributed by atoms with Gasteiger partial charge in [0.15, 0.2) is 5.65 Å². The number of fused-ring (bicyclic) bond motifs is 2. The van der Waals surface area contributed by atoms with E-state index in [-0.39, 0.29) is 74.5 Å². The van der Waals surface area contributed by atoms with Gasteiger partial charge in [-0.15, -0.1) is 0 Å². The lowest BCUT2D eigenvalue weighted by Crippen LogP contribution is -2.38. The number of pyridine rings is 1. The van der Waals surface area contributed by atoms with Crippen LogP contribution in [-0.4, -0.2) is 61.4 Å². The van der Waals surface area contributed by atoms with E-state index < -0.39 is 103 Å². The van der Waals surface area contributed by atoms with Crippen LogP contribution < -0.4 is 25.7 Å². The molecule has 12 nitrogen and oxygen atoms in total. The van der Waals surface area contributed by atoms with Crippen LogP contribution >= 0.6 is 23.5 Å². The summed E-state index contributed by atoms with van der Waals surface area (Å²) in [5, 5.41) is 17.9. The first-order chi connectivity index (χ1) is 29.3. The largest absolute Gasteiger partial charge is 0.474 e. The van der Waals surface area contributed by atoms with Crippen LogP contribution in [0.15, 0.2) is 47.3 Å². The summed E-state index contributed by atoms with van der Waals surface area (Å²) in [7, 11) is 1.48. The summed E-state index contributed by atoms with van der Waals surface area (Å²) in [6.45, 7) is 0.154. The van der Waals surface area contributed by atoms with E-state index in [0.29, 0.717) is 10.7 Å². The third-order valence-electron chi connectivity index (χ3n) is 10.8. The first-order valence-electron chi connectivity index (χ1n) is 19.2. The van der Waals surface area contributed by atoms with E-state index >= 15 is 8.78 Å². The number of hydrogen-bond acceptors (Lipinski definition) is 9. The van der Waals surface area contributed by atoms with Crippen molar-refractivity contribution in [2.24, 2.45) is 5.92 Å². The van der Waals surface area contributed by atoms with E-state index in [9.17, 15) is 35.9 Å². The Morgan fingerprint density at radius 2 is 1.76 bits per heavy atom. The molecule has 4 N–H and O–H groups in total. The van der Waals surface area contributed by atoms with Crippen LogP contribution in [0, 0.1) is 23.0 Å². The van der Waals surface area contributed by atoms with Gasteiger partial charge in [-0.05, 0) is 55.2 Å². The Kier molecular flexibility index (Phi) is 12.5. The van der Waals surface area contributed by atoms with Gasteiger partial charge < -0.3 is 20.1 Å². The lowest BCUT2D eigenvalue weighted by atomic mass is 9.94. The van der Waals surface area contributed by atoms with Crippen LogP contribution in [0.5, 0.6) is 5.88 Å². The van der Waals surface area contributed by atoms with Gasteiger partial charge in [0.25, 0.3) is 17.9 Å². The van der Waals surface area contributed by atoms with Crippen molar-refractivity contribution in [3.05, 3.63) is 103 Å². The van der Waals surface area contributed by atoms with Crippen LogP contribution in [0.1, 0.15) is 79.0 Å². The molecule has 1 fully saturated rings. The van der Waals surface area contributed by atoms with Gasteiger partial charge in [0.1, 0.15) is 47.3 Å². The number of amides is 1. The molecule has 2 aliphatic carbocycles. The minimum Gasteiger partial charge on any atom is -0.474 e. The minimum atomic E-state index is -3.63. The Morgan fingerprint density at radius 3 is 2.40 bits per heavy atom. The average Bonchev–Trinajstić information content (AvgIpc) is 3.67. The topological polar surface area (TPSA) is 152 Å². The zero-order valence-corrected chi connectivity index (χ0v) is 34.6. The van der Waals surface area contributed by atoms with E-state index in [4.69, 9.17) is 26.7 Å². The van der Waals surface area contributed by atoms with Gasteiger partial charge in [0.05, 0.1) is 33.4 Å². The fourth-order valence-corrected chi connectivity index (χ4v) is 8.46. The summed E-state index contributed by atoms with van der Waals surface area (Å²) < 4.78 is 126. The molecule has 2 atom stereocenters. The highest BCUT2D eigenvalue weighted by Gasteiger charge is 2.51. The number of hydrogen-bond donors (Lipinski definition) is 4. The van der Waals surface area contributed by atoms with Gasteiger partial charge in [0, 0.05) is 56.2 Å². The predicted octanol–water partition coefficient (Wildman–Crippen LogP) is 8.42. The molecule has 0 bridgehead atoms. The minimum absolute atomic E-state index is 0.0144. The molecule has 0 radical (unpaired) electrons. The number of nitrogens with zero attached hydrogens (tertiary/aromatic N) is 5. The zero-order chi connectivity index (χ0) is 44.8. The first-order valence-corrected chi connectivity index (χ1v) is 20.8. The first kappa shape index (κ1) is 44.6.